The van der Waals surface area contributed by atoms with Crippen LogP contribution in [0, 0.1) is 0 Å². The van der Waals surface area contributed by atoms with E-state index in [4.69, 9.17) is 9.47 Å². The summed E-state index contributed by atoms with van der Waals surface area (Å²) in [6, 6.07) is 3.85. The molecule has 0 aromatic heterocycles. The van der Waals surface area contributed by atoms with Gasteiger partial charge in [0.25, 0.3) is 0 Å². The first kappa shape index (κ1) is 17.8. The Kier molecular flexibility index (Phi) is 9.31. The number of benzene rings is 1. The number of methoxy groups -OCH3 is 1. The Morgan fingerprint density at radius 2 is 1.70 bits per heavy atom. The van der Waals surface area contributed by atoms with Crippen LogP contribution in [-0.2, 0) is 0 Å². The SMILES string of the molecule is CCCNCCCCCOc1cc(Br)c(OC)cc1Br. The van der Waals surface area contributed by atoms with Crippen molar-refractivity contribution in [2.75, 3.05) is 26.8 Å². The summed E-state index contributed by atoms with van der Waals surface area (Å²) in [7, 11) is 1.65. The van der Waals surface area contributed by atoms with Gasteiger partial charge in [0.15, 0.2) is 0 Å². The minimum atomic E-state index is 0.741. The summed E-state index contributed by atoms with van der Waals surface area (Å²) in [6.45, 7) is 5.14. The number of nitrogens with one attached hydrogen (secondary N) is 1. The van der Waals surface area contributed by atoms with Crippen molar-refractivity contribution in [2.24, 2.45) is 0 Å². The standard InChI is InChI=1S/C15H23Br2NO2/c1-3-7-18-8-5-4-6-9-20-15-11-12(16)14(19-2)10-13(15)17/h10-11,18H,3-9H2,1-2H3. The molecular formula is C15H23Br2NO2. The molecule has 20 heavy (non-hydrogen) atoms. The maximum absolute atomic E-state index is 5.79. The van der Waals surface area contributed by atoms with Gasteiger partial charge in [-0.05, 0) is 82.8 Å². The molecule has 1 aromatic carbocycles. The lowest BCUT2D eigenvalue weighted by atomic mass is 10.2. The average molecular weight is 409 g/mol. The second-order valence-corrected chi connectivity index (χ2v) is 6.28. The van der Waals surface area contributed by atoms with Crippen LogP contribution in [0.1, 0.15) is 32.6 Å². The van der Waals surface area contributed by atoms with Gasteiger partial charge in [-0.25, -0.2) is 0 Å². The van der Waals surface area contributed by atoms with Crippen LogP contribution >= 0.6 is 31.9 Å². The first-order valence-electron chi connectivity index (χ1n) is 7.05. The maximum Gasteiger partial charge on any atom is 0.134 e. The third-order valence-electron chi connectivity index (χ3n) is 2.89. The zero-order valence-electron chi connectivity index (χ0n) is 12.2. The molecule has 5 heteroatoms. The number of ether oxygens (including phenoxy) is 2. The largest absolute Gasteiger partial charge is 0.496 e. The zero-order valence-corrected chi connectivity index (χ0v) is 15.3. The third kappa shape index (κ3) is 6.46. The van der Waals surface area contributed by atoms with E-state index in [0.29, 0.717) is 0 Å². The van der Waals surface area contributed by atoms with Crippen molar-refractivity contribution in [1.29, 1.82) is 0 Å². The van der Waals surface area contributed by atoms with Crippen LogP contribution in [-0.4, -0.2) is 26.8 Å². The first-order valence-corrected chi connectivity index (χ1v) is 8.64. The Bertz CT molecular complexity index is 400. The van der Waals surface area contributed by atoms with Crippen LogP contribution < -0.4 is 14.8 Å². The average Bonchev–Trinajstić information content (AvgIpc) is 2.44. The summed E-state index contributed by atoms with van der Waals surface area (Å²) in [5, 5.41) is 3.40. The van der Waals surface area contributed by atoms with E-state index in [1.807, 2.05) is 12.1 Å². The number of rotatable bonds is 10. The molecule has 0 atom stereocenters. The van der Waals surface area contributed by atoms with E-state index in [1.54, 1.807) is 7.11 Å². The van der Waals surface area contributed by atoms with Gasteiger partial charge in [-0.15, -0.1) is 0 Å². The smallest absolute Gasteiger partial charge is 0.134 e. The lowest BCUT2D eigenvalue weighted by molar-refractivity contribution is 0.302. The van der Waals surface area contributed by atoms with Crippen molar-refractivity contribution in [3.63, 3.8) is 0 Å². The summed E-state index contributed by atoms with van der Waals surface area (Å²) in [5.41, 5.74) is 0. The van der Waals surface area contributed by atoms with E-state index < -0.39 is 0 Å². The van der Waals surface area contributed by atoms with Crippen molar-refractivity contribution >= 4 is 31.9 Å². The van der Waals surface area contributed by atoms with E-state index in [1.165, 1.54) is 19.3 Å². The van der Waals surface area contributed by atoms with Crippen LogP contribution in [0.4, 0.5) is 0 Å². The Hall–Kier alpha value is -0.260. The lowest BCUT2D eigenvalue weighted by Gasteiger charge is -2.11. The molecule has 0 unspecified atom stereocenters. The monoisotopic (exact) mass is 407 g/mol. The molecule has 1 rings (SSSR count). The fourth-order valence-electron chi connectivity index (χ4n) is 1.79. The van der Waals surface area contributed by atoms with E-state index in [2.05, 4.69) is 44.1 Å². The van der Waals surface area contributed by atoms with Gasteiger partial charge in [0, 0.05) is 0 Å². The molecule has 114 valence electrons. The third-order valence-corrected chi connectivity index (χ3v) is 4.13. The molecule has 0 saturated heterocycles. The van der Waals surface area contributed by atoms with Gasteiger partial charge < -0.3 is 14.8 Å². The predicted octanol–water partition coefficient (Wildman–Crippen LogP) is 4.77. The quantitative estimate of drug-likeness (QED) is 0.565. The number of hydrogen-bond acceptors (Lipinski definition) is 3. The number of halogens is 2. The Morgan fingerprint density at radius 3 is 2.40 bits per heavy atom. The van der Waals surface area contributed by atoms with Gasteiger partial charge in [-0.2, -0.15) is 0 Å². The van der Waals surface area contributed by atoms with Crippen LogP contribution in [0.2, 0.25) is 0 Å². The fraction of sp³-hybridized carbons (Fsp3) is 0.600. The van der Waals surface area contributed by atoms with Gasteiger partial charge in [-0.1, -0.05) is 6.92 Å². The highest BCUT2D eigenvalue weighted by Crippen LogP contribution is 2.36. The molecule has 0 heterocycles. The van der Waals surface area contributed by atoms with E-state index in [9.17, 15) is 0 Å². The first-order chi connectivity index (χ1) is 9.69. The van der Waals surface area contributed by atoms with Crippen LogP contribution in [0.5, 0.6) is 11.5 Å². The van der Waals surface area contributed by atoms with Crippen LogP contribution in [0.3, 0.4) is 0 Å². The molecule has 0 radical (unpaired) electrons. The second kappa shape index (κ2) is 10.5. The van der Waals surface area contributed by atoms with Gasteiger partial charge in [0.2, 0.25) is 0 Å². The summed E-state index contributed by atoms with van der Waals surface area (Å²) in [4.78, 5) is 0. The highest BCUT2D eigenvalue weighted by molar-refractivity contribution is 9.11. The minimum absolute atomic E-state index is 0.741. The highest BCUT2D eigenvalue weighted by atomic mass is 79.9. The molecule has 0 aliphatic rings. The number of hydrogen-bond donors (Lipinski definition) is 1. The molecular weight excluding hydrogens is 386 g/mol. The molecule has 3 nitrogen and oxygen atoms in total. The maximum atomic E-state index is 5.79. The van der Waals surface area contributed by atoms with Crippen molar-refractivity contribution in [1.82, 2.24) is 5.32 Å². The summed E-state index contributed by atoms with van der Waals surface area (Å²) < 4.78 is 12.8. The normalized spacial score (nSPS) is 10.6. The lowest BCUT2D eigenvalue weighted by Crippen LogP contribution is -2.15. The summed E-state index contributed by atoms with van der Waals surface area (Å²) in [6.07, 6.45) is 4.66. The molecule has 0 fully saturated rings. The van der Waals surface area contributed by atoms with Crippen LogP contribution in [0.25, 0.3) is 0 Å². The zero-order chi connectivity index (χ0) is 14.8. The van der Waals surface area contributed by atoms with Gasteiger partial charge in [0.05, 0.1) is 22.7 Å². The molecule has 0 aliphatic carbocycles. The van der Waals surface area contributed by atoms with Crippen LogP contribution in [0.15, 0.2) is 21.1 Å². The minimum Gasteiger partial charge on any atom is -0.496 e. The van der Waals surface area contributed by atoms with E-state index >= 15 is 0 Å². The second-order valence-electron chi connectivity index (χ2n) is 4.58. The highest BCUT2D eigenvalue weighted by Gasteiger charge is 2.07. The van der Waals surface area contributed by atoms with Crippen molar-refractivity contribution < 1.29 is 9.47 Å². The predicted molar refractivity (Wildman–Crippen MR) is 90.9 cm³/mol. The van der Waals surface area contributed by atoms with Crippen molar-refractivity contribution in [2.45, 2.75) is 32.6 Å². The van der Waals surface area contributed by atoms with Crippen molar-refractivity contribution in [3.8, 4) is 11.5 Å². The fourth-order valence-corrected chi connectivity index (χ4v) is 2.71. The summed E-state index contributed by atoms with van der Waals surface area (Å²) in [5.74, 6) is 1.65. The molecule has 1 N–H and O–H groups in total. The van der Waals surface area contributed by atoms with Gasteiger partial charge >= 0.3 is 0 Å². The van der Waals surface area contributed by atoms with E-state index in [0.717, 1.165) is 46.6 Å². The Balaban J connectivity index is 2.23. The Morgan fingerprint density at radius 1 is 1.00 bits per heavy atom. The summed E-state index contributed by atoms with van der Waals surface area (Å²) >= 11 is 6.96. The van der Waals surface area contributed by atoms with Gasteiger partial charge in [-0.3, -0.25) is 0 Å². The molecule has 0 saturated carbocycles. The molecule has 0 amide bonds. The number of unbranched alkanes of at least 4 members (excludes halogenated alkanes) is 2. The Labute approximate surface area is 138 Å². The molecule has 1 aromatic rings. The molecule has 0 spiro atoms. The van der Waals surface area contributed by atoms with Gasteiger partial charge in [0.1, 0.15) is 11.5 Å². The topological polar surface area (TPSA) is 30.5 Å². The molecule has 0 bridgehead atoms. The van der Waals surface area contributed by atoms with Crippen molar-refractivity contribution in [3.05, 3.63) is 21.1 Å². The van der Waals surface area contributed by atoms with E-state index in [-0.39, 0.29) is 0 Å². The molecule has 0 aliphatic heterocycles.